The van der Waals surface area contributed by atoms with Crippen molar-refractivity contribution in [2.24, 2.45) is 5.73 Å². The van der Waals surface area contributed by atoms with Crippen molar-refractivity contribution in [3.63, 3.8) is 0 Å². The van der Waals surface area contributed by atoms with E-state index in [1.54, 1.807) is 0 Å². The molecule has 0 spiro atoms. The fourth-order valence-corrected chi connectivity index (χ4v) is 3.18. The van der Waals surface area contributed by atoms with E-state index >= 15 is 0 Å². The molecule has 0 fully saturated rings. The summed E-state index contributed by atoms with van der Waals surface area (Å²) in [6.07, 6.45) is 0. The number of rotatable bonds is 3. The van der Waals surface area contributed by atoms with E-state index in [2.05, 4.69) is 58.0 Å². The molecule has 0 aliphatic carbocycles. The van der Waals surface area contributed by atoms with Crippen molar-refractivity contribution in [2.45, 2.75) is 33.1 Å². The third-order valence-electron chi connectivity index (χ3n) is 3.29. The van der Waals surface area contributed by atoms with Gasteiger partial charge in [-0.05, 0) is 31.5 Å². The first-order valence-electron chi connectivity index (χ1n) is 6.31. The van der Waals surface area contributed by atoms with Gasteiger partial charge in [-0.2, -0.15) is 0 Å². The molecule has 1 aromatic carbocycles. The molecule has 1 heterocycles. The van der Waals surface area contributed by atoms with E-state index in [1.165, 1.54) is 26.4 Å². The highest BCUT2D eigenvalue weighted by Gasteiger charge is 2.20. The highest BCUT2D eigenvalue weighted by molar-refractivity contribution is 7.15. The number of hydrogen-bond acceptors (Lipinski definition) is 2. The quantitative estimate of drug-likeness (QED) is 0.875. The molecule has 18 heavy (non-hydrogen) atoms. The van der Waals surface area contributed by atoms with Crippen molar-refractivity contribution in [2.75, 3.05) is 6.54 Å². The Hall–Kier alpha value is -1.12. The predicted molar refractivity (Wildman–Crippen MR) is 81.3 cm³/mol. The monoisotopic (exact) mass is 259 g/mol. The molecule has 0 bridgehead atoms. The maximum absolute atomic E-state index is 5.84. The first kappa shape index (κ1) is 13.3. The lowest BCUT2D eigenvalue weighted by Gasteiger charge is -2.20. The van der Waals surface area contributed by atoms with Crippen LogP contribution in [0.4, 0.5) is 0 Å². The highest BCUT2D eigenvalue weighted by atomic mass is 32.1. The van der Waals surface area contributed by atoms with Crippen LogP contribution < -0.4 is 5.73 Å². The molecule has 2 aromatic rings. The topological polar surface area (TPSA) is 26.0 Å². The molecule has 0 amide bonds. The Morgan fingerprint density at radius 2 is 1.67 bits per heavy atom. The summed E-state index contributed by atoms with van der Waals surface area (Å²) in [6.45, 7) is 9.37. The fraction of sp³-hybridized carbons (Fsp3) is 0.375. The molecule has 1 aromatic heterocycles. The van der Waals surface area contributed by atoms with E-state index < -0.39 is 0 Å². The molecule has 0 aliphatic rings. The van der Waals surface area contributed by atoms with E-state index in [0.717, 1.165) is 0 Å². The molecule has 0 radical (unpaired) electrons. The molecule has 0 aliphatic heterocycles. The van der Waals surface area contributed by atoms with Crippen LogP contribution in [0.1, 0.15) is 29.9 Å². The molecule has 2 rings (SSSR count). The van der Waals surface area contributed by atoms with Crippen LogP contribution in [-0.2, 0) is 5.41 Å². The summed E-state index contributed by atoms with van der Waals surface area (Å²) in [5.41, 5.74) is 9.86. The minimum Gasteiger partial charge on any atom is -0.330 e. The largest absolute Gasteiger partial charge is 0.330 e. The van der Waals surface area contributed by atoms with Crippen molar-refractivity contribution < 1.29 is 0 Å². The molecule has 0 saturated heterocycles. The molecule has 1 nitrogen and oxygen atoms in total. The van der Waals surface area contributed by atoms with Crippen molar-refractivity contribution in [3.05, 3.63) is 46.3 Å². The van der Waals surface area contributed by atoms with Crippen LogP contribution in [0.25, 0.3) is 10.4 Å². The van der Waals surface area contributed by atoms with E-state index in [9.17, 15) is 0 Å². The lowest BCUT2D eigenvalue weighted by atomic mass is 9.92. The van der Waals surface area contributed by atoms with Gasteiger partial charge in [0.1, 0.15) is 0 Å². The number of benzene rings is 1. The van der Waals surface area contributed by atoms with Gasteiger partial charge in [0, 0.05) is 21.7 Å². The van der Waals surface area contributed by atoms with Gasteiger partial charge in [-0.15, -0.1) is 11.3 Å². The SMILES string of the molecule is Cc1cc(C)cc(-c2ccc(C(C)(C)CN)s2)c1. The van der Waals surface area contributed by atoms with E-state index in [4.69, 9.17) is 5.73 Å². The standard InChI is InChI=1S/C16H21NS/c1-11-7-12(2)9-13(8-11)14-5-6-15(18-14)16(3,4)10-17/h5-9H,10,17H2,1-4H3. The second-order valence-corrected chi connectivity index (χ2v) is 6.71. The Bertz CT molecular complexity index is 532. The lowest BCUT2D eigenvalue weighted by Crippen LogP contribution is -2.26. The Kier molecular flexibility index (Phi) is 3.60. The smallest absolute Gasteiger partial charge is 0.0346 e. The molecular formula is C16H21NS. The summed E-state index contributed by atoms with van der Waals surface area (Å²) < 4.78 is 0. The van der Waals surface area contributed by atoms with Gasteiger partial charge < -0.3 is 5.73 Å². The molecule has 2 N–H and O–H groups in total. The first-order chi connectivity index (χ1) is 8.42. The van der Waals surface area contributed by atoms with Crippen molar-refractivity contribution in [3.8, 4) is 10.4 Å². The van der Waals surface area contributed by atoms with Crippen LogP contribution in [0, 0.1) is 13.8 Å². The van der Waals surface area contributed by atoms with Crippen LogP contribution in [0.5, 0.6) is 0 Å². The van der Waals surface area contributed by atoms with Gasteiger partial charge in [0.05, 0.1) is 0 Å². The molecular weight excluding hydrogens is 238 g/mol. The maximum Gasteiger partial charge on any atom is 0.0346 e. The van der Waals surface area contributed by atoms with Crippen molar-refractivity contribution >= 4 is 11.3 Å². The third-order valence-corrected chi connectivity index (χ3v) is 4.79. The molecule has 0 atom stereocenters. The number of thiophene rings is 1. The van der Waals surface area contributed by atoms with Crippen LogP contribution in [-0.4, -0.2) is 6.54 Å². The maximum atomic E-state index is 5.84. The lowest BCUT2D eigenvalue weighted by molar-refractivity contribution is 0.550. The van der Waals surface area contributed by atoms with E-state index in [1.807, 2.05) is 11.3 Å². The van der Waals surface area contributed by atoms with Gasteiger partial charge in [-0.1, -0.05) is 43.2 Å². The van der Waals surface area contributed by atoms with Crippen molar-refractivity contribution in [1.29, 1.82) is 0 Å². The average molecular weight is 259 g/mol. The summed E-state index contributed by atoms with van der Waals surface area (Å²) in [7, 11) is 0. The van der Waals surface area contributed by atoms with Gasteiger partial charge in [-0.3, -0.25) is 0 Å². The van der Waals surface area contributed by atoms with Gasteiger partial charge in [-0.25, -0.2) is 0 Å². The van der Waals surface area contributed by atoms with Crippen LogP contribution in [0.3, 0.4) is 0 Å². The minimum atomic E-state index is 0.0712. The zero-order valence-corrected chi connectivity index (χ0v) is 12.4. The Balaban J connectivity index is 2.41. The molecule has 0 unspecified atom stereocenters. The number of hydrogen-bond donors (Lipinski definition) is 1. The van der Waals surface area contributed by atoms with Crippen LogP contribution >= 0.6 is 11.3 Å². The summed E-state index contributed by atoms with van der Waals surface area (Å²) in [5, 5.41) is 0. The number of aryl methyl sites for hydroxylation is 2. The second kappa shape index (κ2) is 4.87. The first-order valence-corrected chi connectivity index (χ1v) is 7.13. The summed E-state index contributed by atoms with van der Waals surface area (Å²) in [5.74, 6) is 0. The predicted octanol–water partition coefficient (Wildman–Crippen LogP) is 4.27. The van der Waals surface area contributed by atoms with Crippen LogP contribution in [0.2, 0.25) is 0 Å². The van der Waals surface area contributed by atoms with Crippen molar-refractivity contribution in [1.82, 2.24) is 0 Å². The molecule has 96 valence electrons. The Morgan fingerprint density at radius 1 is 1.06 bits per heavy atom. The fourth-order valence-electron chi connectivity index (χ4n) is 2.07. The normalized spacial score (nSPS) is 11.8. The third kappa shape index (κ3) is 2.65. The van der Waals surface area contributed by atoms with Crippen LogP contribution in [0.15, 0.2) is 30.3 Å². The Labute approximate surface area is 114 Å². The van der Waals surface area contributed by atoms with E-state index in [-0.39, 0.29) is 5.41 Å². The van der Waals surface area contributed by atoms with E-state index in [0.29, 0.717) is 6.54 Å². The second-order valence-electron chi connectivity index (χ2n) is 5.63. The summed E-state index contributed by atoms with van der Waals surface area (Å²) >= 11 is 1.85. The summed E-state index contributed by atoms with van der Waals surface area (Å²) in [4.78, 5) is 2.69. The molecule has 0 saturated carbocycles. The Morgan fingerprint density at radius 3 is 2.22 bits per heavy atom. The van der Waals surface area contributed by atoms with Gasteiger partial charge in [0.2, 0.25) is 0 Å². The highest BCUT2D eigenvalue weighted by Crippen LogP contribution is 2.35. The molecule has 2 heteroatoms. The minimum absolute atomic E-state index is 0.0712. The zero-order chi connectivity index (χ0) is 13.3. The van der Waals surface area contributed by atoms with Gasteiger partial charge >= 0.3 is 0 Å². The summed E-state index contributed by atoms with van der Waals surface area (Å²) in [6, 6.07) is 11.1. The average Bonchev–Trinajstić information content (AvgIpc) is 2.77. The van der Waals surface area contributed by atoms with Gasteiger partial charge in [0.15, 0.2) is 0 Å². The zero-order valence-electron chi connectivity index (χ0n) is 11.6. The van der Waals surface area contributed by atoms with Gasteiger partial charge in [0.25, 0.3) is 0 Å². The number of nitrogens with two attached hydrogens (primary N) is 1.